The van der Waals surface area contributed by atoms with Gasteiger partial charge in [-0.25, -0.2) is 4.57 Å². The third-order valence-electron chi connectivity index (χ3n) is 7.32. The van der Waals surface area contributed by atoms with Gasteiger partial charge in [-0.3, -0.25) is 18.9 Å². The first-order valence-corrected chi connectivity index (χ1v) is 18.5. The van der Waals surface area contributed by atoms with Crippen molar-refractivity contribution in [2.45, 2.75) is 168 Å². The molecule has 0 saturated carbocycles. The number of nitrogens with one attached hydrogen (secondary N) is 1. The topological polar surface area (TPSA) is 148 Å². The highest BCUT2D eigenvalue weighted by atomic mass is 31.2. The van der Waals surface area contributed by atoms with Crippen molar-refractivity contribution in [2.75, 3.05) is 19.8 Å². The maximum atomic E-state index is 12.3. The van der Waals surface area contributed by atoms with Gasteiger partial charge in [0, 0.05) is 26.3 Å². The van der Waals surface area contributed by atoms with Crippen LogP contribution in [-0.2, 0) is 32.9 Å². The molecule has 0 unspecified atom stereocenters. The second-order valence-electron chi connectivity index (χ2n) is 11.6. The normalized spacial score (nSPS) is 12.2. The van der Waals surface area contributed by atoms with E-state index in [0.29, 0.717) is 12.8 Å². The smallest absolute Gasteiger partial charge is 0.462 e. The molecule has 0 aliphatic carbocycles. The first kappa shape index (κ1) is 41.5. The molecule has 43 heavy (non-hydrogen) atoms. The summed E-state index contributed by atoms with van der Waals surface area (Å²) in [6.07, 6.45) is 22.9. The van der Waals surface area contributed by atoms with Crippen molar-refractivity contribution in [2.24, 2.45) is 0 Å². The number of carbonyl (C=O) groups is 3. The molecule has 0 fully saturated rings. The maximum Gasteiger partial charge on any atom is 0.469 e. The van der Waals surface area contributed by atoms with Gasteiger partial charge < -0.3 is 24.6 Å². The van der Waals surface area contributed by atoms with E-state index < -0.39 is 32.5 Å². The molecule has 0 aromatic rings. The van der Waals surface area contributed by atoms with Crippen LogP contribution in [0, 0.1) is 0 Å². The van der Waals surface area contributed by atoms with Crippen LogP contribution >= 0.6 is 7.82 Å². The predicted octanol–water partition coefficient (Wildman–Crippen LogP) is 7.68. The van der Waals surface area contributed by atoms with Crippen LogP contribution in [-0.4, -0.2) is 53.5 Å². The second kappa shape index (κ2) is 29.2. The molecular formula is C32H62NO9P. The monoisotopic (exact) mass is 635 g/mol. The SMILES string of the molecule is CCCCCCCCCCCCCC(=O)O[C@H](COC(=O)CCCCCCCCCCCCNC(C)=O)COP(=O)(O)O. The fraction of sp³-hybridized carbons (Fsp3) is 0.906. The molecule has 0 aromatic carbocycles. The summed E-state index contributed by atoms with van der Waals surface area (Å²) in [5.74, 6) is -0.894. The Labute approximate surface area is 261 Å². The third-order valence-corrected chi connectivity index (χ3v) is 7.81. The minimum Gasteiger partial charge on any atom is -0.462 e. The van der Waals surface area contributed by atoms with Crippen LogP contribution in [0.2, 0.25) is 0 Å². The lowest BCUT2D eigenvalue weighted by atomic mass is 10.1. The molecule has 0 saturated heterocycles. The Morgan fingerprint density at radius 2 is 1.05 bits per heavy atom. The number of amides is 1. The van der Waals surface area contributed by atoms with Crippen molar-refractivity contribution in [1.82, 2.24) is 5.32 Å². The van der Waals surface area contributed by atoms with Crippen molar-refractivity contribution in [3.8, 4) is 0 Å². The number of carbonyl (C=O) groups excluding carboxylic acids is 3. The van der Waals surface area contributed by atoms with E-state index in [2.05, 4.69) is 16.8 Å². The molecule has 10 nitrogen and oxygen atoms in total. The molecule has 0 aromatic heterocycles. The highest BCUT2D eigenvalue weighted by Crippen LogP contribution is 2.36. The summed E-state index contributed by atoms with van der Waals surface area (Å²) in [7, 11) is -4.75. The van der Waals surface area contributed by atoms with E-state index >= 15 is 0 Å². The zero-order chi connectivity index (χ0) is 32.0. The lowest BCUT2D eigenvalue weighted by molar-refractivity contribution is -0.161. The summed E-state index contributed by atoms with van der Waals surface area (Å²) in [5, 5.41) is 2.81. The molecule has 0 radical (unpaired) electrons. The fourth-order valence-electron chi connectivity index (χ4n) is 4.81. The number of ether oxygens (including phenoxy) is 2. The Morgan fingerprint density at radius 3 is 1.49 bits per heavy atom. The number of rotatable bonds is 31. The number of unbranched alkanes of at least 4 members (excludes halogenated alkanes) is 19. The predicted molar refractivity (Wildman–Crippen MR) is 169 cm³/mol. The van der Waals surface area contributed by atoms with Gasteiger partial charge in [0.05, 0.1) is 6.61 Å². The maximum absolute atomic E-state index is 12.3. The van der Waals surface area contributed by atoms with E-state index in [1.54, 1.807) is 0 Å². The van der Waals surface area contributed by atoms with Gasteiger partial charge in [0.1, 0.15) is 6.61 Å². The molecule has 0 heterocycles. The summed E-state index contributed by atoms with van der Waals surface area (Å²) in [6, 6.07) is 0. The van der Waals surface area contributed by atoms with Gasteiger partial charge in [0.2, 0.25) is 5.91 Å². The highest BCUT2D eigenvalue weighted by Gasteiger charge is 2.22. The van der Waals surface area contributed by atoms with Crippen molar-refractivity contribution < 1.29 is 42.7 Å². The van der Waals surface area contributed by atoms with Gasteiger partial charge in [-0.05, 0) is 19.3 Å². The van der Waals surface area contributed by atoms with E-state index in [4.69, 9.17) is 19.3 Å². The van der Waals surface area contributed by atoms with Crippen molar-refractivity contribution in [1.29, 1.82) is 0 Å². The Morgan fingerprint density at radius 1 is 0.628 bits per heavy atom. The molecule has 0 aliphatic rings. The molecule has 0 aliphatic heterocycles. The number of phosphoric ester groups is 1. The summed E-state index contributed by atoms with van der Waals surface area (Å²) in [6.45, 7) is 3.67. The van der Waals surface area contributed by atoms with Gasteiger partial charge in [0.15, 0.2) is 6.10 Å². The number of phosphoric acid groups is 1. The quantitative estimate of drug-likeness (QED) is 0.0396. The average molecular weight is 636 g/mol. The molecule has 11 heteroatoms. The standard InChI is InChI=1S/C32H62NO9P/c1-3-4-5-6-7-8-9-13-16-19-22-25-32(36)42-30(28-41-43(37,38)39)27-40-31(35)24-21-18-15-12-10-11-14-17-20-23-26-33-29(2)34/h30H,3-28H2,1-2H3,(H,33,34)(H2,37,38,39)/t30-/m1/s1. The van der Waals surface area contributed by atoms with Crippen LogP contribution in [0.4, 0.5) is 0 Å². The minimum absolute atomic E-state index is 0.0240. The summed E-state index contributed by atoms with van der Waals surface area (Å²) < 4.78 is 26.2. The van der Waals surface area contributed by atoms with Crippen molar-refractivity contribution in [3.05, 3.63) is 0 Å². The summed E-state index contributed by atoms with van der Waals surface area (Å²) in [4.78, 5) is 53.3. The highest BCUT2D eigenvalue weighted by molar-refractivity contribution is 7.46. The largest absolute Gasteiger partial charge is 0.469 e. The first-order chi connectivity index (χ1) is 20.6. The number of hydrogen-bond acceptors (Lipinski definition) is 7. The molecule has 0 bridgehead atoms. The van der Waals surface area contributed by atoms with Crippen molar-refractivity contribution in [3.63, 3.8) is 0 Å². The van der Waals surface area contributed by atoms with Crippen LogP contribution in [0.25, 0.3) is 0 Å². The molecule has 1 atom stereocenters. The van der Waals surface area contributed by atoms with E-state index in [0.717, 1.165) is 57.9 Å². The number of hydrogen-bond donors (Lipinski definition) is 3. The van der Waals surface area contributed by atoms with E-state index in [1.165, 1.54) is 77.6 Å². The summed E-state index contributed by atoms with van der Waals surface area (Å²) in [5.41, 5.74) is 0. The average Bonchev–Trinajstić information content (AvgIpc) is 2.95. The third kappa shape index (κ3) is 33.3. The van der Waals surface area contributed by atoms with E-state index in [1.807, 2.05) is 0 Å². The molecule has 0 rings (SSSR count). The Kier molecular flexibility index (Phi) is 28.2. The van der Waals surface area contributed by atoms with Gasteiger partial charge in [-0.1, -0.05) is 122 Å². The molecule has 0 spiro atoms. The Hall–Kier alpha value is -1.48. The lowest BCUT2D eigenvalue weighted by Crippen LogP contribution is -2.29. The van der Waals surface area contributed by atoms with E-state index in [-0.39, 0.29) is 25.4 Å². The van der Waals surface area contributed by atoms with E-state index in [9.17, 15) is 18.9 Å². The zero-order valence-corrected chi connectivity index (χ0v) is 28.1. The van der Waals surface area contributed by atoms with Gasteiger partial charge >= 0.3 is 19.8 Å². The first-order valence-electron chi connectivity index (χ1n) is 16.9. The van der Waals surface area contributed by atoms with Crippen LogP contribution in [0.3, 0.4) is 0 Å². The fourth-order valence-corrected chi connectivity index (χ4v) is 5.17. The zero-order valence-electron chi connectivity index (χ0n) is 27.2. The van der Waals surface area contributed by atoms with Crippen molar-refractivity contribution >= 4 is 25.7 Å². The second-order valence-corrected chi connectivity index (χ2v) is 12.9. The van der Waals surface area contributed by atoms with Crippen LogP contribution in [0.5, 0.6) is 0 Å². The van der Waals surface area contributed by atoms with Gasteiger partial charge in [-0.2, -0.15) is 0 Å². The van der Waals surface area contributed by atoms with Crippen LogP contribution < -0.4 is 5.32 Å². The van der Waals surface area contributed by atoms with Gasteiger partial charge in [-0.15, -0.1) is 0 Å². The summed E-state index contributed by atoms with van der Waals surface area (Å²) >= 11 is 0. The lowest BCUT2D eigenvalue weighted by Gasteiger charge is -2.18. The van der Waals surface area contributed by atoms with Gasteiger partial charge in [0.25, 0.3) is 0 Å². The molecule has 1 amide bonds. The number of esters is 2. The van der Waals surface area contributed by atoms with Crippen LogP contribution in [0.15, 0.2) is 0 Å². The van der Waals surface area contributed by atoms with Crippen LogP contribution in [0.1, 0.15) is 162 Å². The Balaban J connectivity index is 3.96. The molecular weight excluding hydrogens is 573 g/mol. The Bertz CT molecular complexity index is 744. The molecule has 254 valence electrons. The molecule has 3 N–H and O–H groups in total. The minimum atomic E-state index is -4.75.